The molecule has 2 aliphatic rings. The molecule has 1 unspecified atom stereocenters. The number of benzene rings is 2. The number of nitrogens with one attached hydrogen (secondary N) is 2. The third-order valence-corrected chi connectivity index (χ3v) is 6.04. The first kappa shape index (κ1) is 16.7. The Kier molecular flexibility index (Phi) is 3.96. The van der Waals surface area contributed by atoms with Crippen LogP contribution in [0.2, 0.25) is 0 Å². The van der Waals surface area contributed by atoms with Gasteiger partial charge in [-0.05, 0) is 55.2 Å². The Morgan fingerprint density at radius 3 is 2.81 bits per heavy atom. The van der Waals surface area contributed by atoms with Crippen molar-refractivity contribution >= 4 is 33.4 Å². The molecule has 26 heavy (non-hydrogen) atoms. The maximum Gasteiger partial charge on any atom is 0.265 e. The van der Waals surface area contributed by atoms with E-state index in [4.69, 9.17) is 4.74 Å². The molecule has 134 valence electrons. The quantitative estimate of drug-likeness (QED) is 0.869. The largest absolute Gasteiger partial charge is 0.479 e. The van der Waals surface area contributed by atoms with E-state index in [2.05, 4.69) is 10.0 Å². The second kappa shape index (κ2) is 6.17. The second-order valence-electron chi connectivity index (χ2n) is 6.38. The van der Waals surface area contributed by atoms with Gasteiger partial charge in [-0.2, -0.15) is 0 Å². The summed E-state index contributed by atoms with van der Waals surface area (Å²) in [4.78, 5) is 12.1. The van der Waals surface area contributed by atoms with Crippen LogP contribution in [0.5, 0.6) is 5.75 Å². The van der Waals surface area contributed by atoms with Gasteiger partial charge in [-0.15, -0.1) is 0 Å². The van der Waals surface area contributed by atoms with Crippen molar-refractivity contribution in [2.24, 2.45) is 0 Å². The fraction of sp³-hybridized carbons (Fsp3) is 0.211. The Labute approximate surface area is 151 Å². The van der Waals surface area contributed by atoms with Gasteiger partial charge in [0.2, 0.25) is 0 Å². The normalized spacial score (nSPS) is 18.7. The minimum absolute atomic E-state index is 0.260. The first-order chi connectivity index (χ1) is 12.4. The van der Waals surface area contributed by atoms with Crippen LogP contribution in [-0.2, 0) is 21.2 Å². The number of carbonyl (C=O) groups is 1. The molecule has 0 fully saturated rings. The molecular formula is C19H18N2O4S. The van der Waals surface area contributed by atoms with Crippen LogP contribution in [0.25, 0.3) is 6.08 Å². The van der Waals surface area contributed by atoms with Crippen molar-refractivity contribution in [3.05, 3.63) is 58.5 Å². The van der Waals surface area contributed by atoms with E-state index < -0.39 is 16.1 Å². The first-order valence-electron chi connectivity index (χ1n) is 8.35. The summed E-state index contributed by atoms with van der Waals surface area (Å²) in [5.74, 6) is 0.259. The molecule has 1 amide bonds. The molecule has 0 spiro atoms. The van der Waals surface area contributed by atoms with Gasteiger partial charge in [-0.25, -0.2) is 8.42 Å². The molecule has 2 aromatic carbocycles. The number of fused-ring (bicyclic) bond motifs is 2. The summed E-state index contributed by atoms with van der Waals surface area (Å²) in [6.45, 7) is 1.66. The summed E-state index contributed by atoms with van der Waals surface area (Å²) in [6, 6.07) is 12.6. The predicted octanol–water partition coefficient (Wildman–Crippen LogP) is 3.14. The van der Waals surface area contributed by atoms with Gasteiger partial charge in [-0.1, -0.05) is 24.3 Å². The SMILES string of the molecule is CC1Oc2ccc(NS(=O)(=O)C3=Cc4ccccc4CC3)cc2NC1=O. The van der Waals surface area contributed by atoms with Gasteiger partial charge >= 0.3 is 0 Å². The van der Waals surface area contributed by atoms with Crippen molar-refractivity contribution in [1.29, 1.82) is 0 Å². The smallest absolute Gasteiger partial charge is 0.265 e. The van der Waals surface area contributed by atoms with Crippen LogP contribution in [0, 0.1) is 0 Å². The van der Waals surface area contributed by atoms with Gasteiger partial charge in [0.05, 0.1) is 16.3 Å². The number of carbonyl (C=O) groups excluding carboxylic acids is 1. The van der Waals surface area contributed by atoms with E-state index in [-0.39, 0.29) is 5.91 Å². The summed E-state index contributed by atoms with van der Waals surface area (Å²) < 4.78 is 33.6. The van der Waals surface area contributed by atoms with E-state index in [1.54, 1.807) is 31.2 Å². The zero-order chi connectivity index (χ0) is 18.3. The molecule has 1 aliphatic heterocycles. The van der Waals surface area contributed by atoms with Crippen molar-refractivity contribution in [2.75, 3.05) is 10.0 Å². The zero-order valence-electron chi connectivity index (χ0n) is 14.2. The Balaban J connectivity index is 1.60. The molecule has 0 radical (unpaired) electrons. The number of rotatable bonds is 3. The van der Waals surface area contributed by atoms with E-state index in [0.717, 1.165) is 11.1 Å². The van der Waals surface area contributed by atoms with E-state index in [0.29, 0.717) is 34.9 Å². The number of allylic oxidation sites excluding steroid dienone is 1. The van der Waals surface area contributed by atoms with Gasteiger partial charge in [0.15, 0.2) is 6.10 Å². The Bertz CT molecular complexity index is 1030. The fourth-order valence-electron chi connectivity index (χ4n) is 3.11. The highest BCUT2D eigenvalue weighted by Gasteiger charge is 2.25. The van der Waals surface area contributed by atoms with Crippen LogP contribution < -0.4 is 14.8 Å². The van der Waals surface area contributed by atoms with Gasteiger partial charge in [0.1, 0.15) is 5.75 Å². The molecule has 0 saturated heterocycles. The third-order valence-electron chi connectivity index (χ3n) is 4.52. The Morgan fingerprint density at radius 2 is 1.96 bits per heavy atom. The summed E-state index contributed by atoms with van der Waals surface area (Å²) in [7, 11) is -3.67. The van der Waals surface area contributed by atoms with E-state index in [9.17, 15) is 13.2 Å². The standard InChI is InChI=1S/C19H18N2O4S/c1-12-19(22)20-17-11-15(7-9-18(17)25-12)21-26(23,24)16-8-6-13-4-2-3-5-14(13)10-16/h2-5,7,9-12,21H,6,8H2,1H3,(H,20,22). The van der Waals surface area contributed by atoms with E-state index in [1.807, 2.05) is 24.3 Å². The second-order valence-corrected chi connectivity index (χ2v) is 8.11. The van der Waals surface area contributed by atoms with Crippen LogP contribution in [-0.4, -0.2) is 20.4 Å². The summed E-state index contributed by atoms with van der Waals surface area (Å²) in [5.41, 5.74) is 2.91. The van der Waals surface area contributed by atoms with Crippen molar-refractivity contribution in [1.82, 2.24) is 0 Å². The highest BCUT2D eigenvalue weighted by atomic mass is 32.2. The number of amides is 1. The monoisotopic (exact) mass is 370 g/mol. The molecule has 6 nitrogen and oxygen atoms in total. The number of aryl methyl sites for hydroxylation is 1. The average molecular weight is 370 g/mol. The first-order valence-corrected chi connectivity index (χ1v) is 9.83. The van der Waals surface area contributed by atoms with Crippen LogP contribution in [0.15, 0.2) is 47.4 Å². The van der Waals surface area contributed by atoms with Crippen molar-refractivity contribution in [3.63, 3.8) is 0 Å². The maximum absolute atomic E-state index is 12.8. The number of sulfonamides is 1. The lowest BCUT2D eigenvalue weighted by molar-refractivity contribution is -0.122. The highest BCUT2D eigenvalue weighted by Crippen LogP contribution is 2.34. The summed E-state index contributed by atoms with van der Waals surface area (Å²) in [5, 5.41) is 2.71. The van der Waals surface area contributed by atoms with E-state index in [1.165, 1.54) is 0 Å². The number of ether oxygens (including phenoxy) is 1. The van der Waals surface area contributed by atoms with Crippen LogP contribution in [0.3, 0.4) is 0 Å². The average Bonchev–Trinajstić information content (AvgIpc) is 2.62. The molecule has 2 aromatic rings. The minimum atomic E-state index is -3.67. The summed E-state index contributed by atoms with van der Waals surface area (Å²) in [6.07, 6.45) is 2.29. The van der Waals surface area contributed by atoms with Gasteiger partial charge in [0.25, 0.3) is 15.9 Å². The summed E-state index contributed by atoms with van der Waals surface area (Å²) >= 11 is 0. The lowest BCUT2D eigenvalue weighted by atomic mass is 9.98. The Morgan fingerprint density at radius 1 is 1.15 bits per heavy atom. The Hall–Kier alpha value is -2.80. The fourth-order valence-corrected chi connectivity index (χ4v) is 4.33. The molecule has 1 aliphatic carbocycles. The van der Waals surface area contributed by atoms with Crippen molar-refractivity contribution < 1.29 is 17.9 Å². The van der Waals surface area contributed by atoms with Crippen molar-refractivity contribution in [2.45, 2.75) is 25.9 Å². The van der Waals surface area contributed by atoms with Crippen LogP contribution in [0.4, 0.5) is 11.4 Å². The van der Waals surface area contributed by atoms with Gasteiger partial charge in [-0.3, -0.25) is 9.52 Å². The number of hydrogen-bond acceptors (Lipinski definition) is 4. The van der Waals surface area contributed by atoms with Gasteiger partial charge in [0, 0.05) is 0 Å². The topological polar surface area (TPSA) is 84.5 Å². The maximum atomic E-state index is 12.8. The predicted molar refractivity (Wildman–Crippen MR) is 100 cm³/mol. The molecule has 1 atom stereocenters. The molecule has 0 saturated carbocycles. The minimum Gasteiger partial charge on any atom is -0.479 e. The van der Waals surface area contributed by atoms with Crippen LogP contribution in [0.1, 0.15) is 24.5 Å². The molecule has 4 rings (SSSR count). The highest BCUT2D eigenvalue weighted by molar-refractivity contribution is 7.96. The van der Waals surface area contributed by atoms with Crippen molar-refractivity contribution in [3.8, 4) is 5.75 Å². The molecule has 0 bridgehead atoms. The molecule has 0 aromatic heterocycles. The molecule has 7 heteroatoms. The number of anilines is 2. The van der Waals surface area contributed by atoms with E-state index >= 15 is 0 Å². The van der Waals surface area contributed by atoms with Gasteiger partial charge < -0.3 is 10.1 Å². The zero-order valence-corrected chi connectivity index (χ0v) is 15.0. The molecular weight excluding hydrogens is 352 g/mol. The molecule has 2 N–H and O–H groups in total. The lowest BCUT2D eigenvalue weighted by Gasteiger charge is -2.24. The lowest BCUT2D eigenvalue weighted by Crippen LogP contribution is -2.34. The third kappa shape index (κ3) is 3.06. The number of hydrogen-bond donors (Lipinski definition) is 2. The molecule has 1 heterocycles. The van der Waals surface area contributed by atoms with Crippen LogP contribution >= 0.6 is 0 Å².